The number of anilines is 2. The van der Waals surface area contributed by atoms with Crippen LogP contribution in [0, 0.1) is 0 Å². The molecule has 6 nitrogen and oxygen atoms in total. The van der Waals surface area contributed by atoms with Gasteiger partial charge in [-0.3, -0.25) is 4.79 Å². The van der Waals surface area contributed by atoms with Gasteiger partial charge in [0, 0.05) is 40.1 Å². The predicted octanol–water partition coefficient (Wildman–Crippen LogP) is 5.78. The number of hydrogen-bond donors (Lipinski definition) is 2. The number of thiocarbonyl (C=S) groups is 1. The van der Waals surface area contributed by atoms with Crippen molar-refractivity contribution in [1.82, 2.24) is 4.90 Å². The number of ether oxygens (including phenoxy) is 1. The highest BCUT2D eigenvalue weighted by Crippen LogP contribution is 2.37. The number of nitrogens with zero attached hydrogens (tertiary/aromatic N) is 1. The van der Waals surface area contributed by atoms with Gasteiger partial charge in [-0.05, 0) is 73.9 Å². The second-order valence-corrected chi connectivity index (χ2v) is 9.30. The number of amides is 1. The summed E-state index contributed by atoms with van der Waals surface area (Å²) in [4.78, 5) is 26.7. The molecule has 9 heteroatoms. The van der Waals surface area contributed by atoms with Gasteiger partial charge in [-0.1, -0.05) is 11.6 Å². The maximum absolute atomic E-state index is 12.6. The number of halogens is 1. The number of hydrogen-bond acceptors (Lipinski definition) is 5. The summed E-state index contributed by atoms with van der Waals surface area (Å²) in [5.41, 5.74) is 2.23. The first-order valence-electron chi connectivity index (χ1n) is 10.2. The quantitative estimate of drug-likeness (QED) is 0.359. The predicted molar refractivity (Wildman–Crippen MR) is 134 cm³/mol. The first-order valence-corrected chi connectivity index (χ1v) is 11.8. The molecule has 2 N–H and O–H groups in total. The zero-order valence-electron chi connectivity index (χ0n) is 17.4. The van der Waals surface area contributed by atoms with Crippen LogP contribution in [0.5, 0.6) is 0 Å². The molecule has 2 heterocycles. The number of carbonyl (C=O) groups is 2. The van der Waals surface area contributed by atoms with Crippen LogP contribution < -0.4 is 10.6 Å². The van der Waals surface area contributed by atoms with Crippen molar-refractivity contribution in [2.24, 2.45) is 0 Å². The average Bonchev–Trinajstić information content (AvgIpc) is 3.14. The summed E-state index contributed by atoms with van der Waals surface area (Å²) in [5.74, 6) is -0.378. The van der Waals surface area contributed by atoms with E-state index in [-0.39, 0.29) is 5.91 Å². The van der Waals surface area contributed by atoms with Crippen LogP contribution in [0.15, 0.2) is 42.5 Å². The van der Waals surface area contributed by atoms with E-state index in [1.165, 1.54) is 24.9 Å². The van der Waals surface area contributed by atoms with E-state index in [0.717, 1.165) is 47.4 Å². The topological polar surface area (TPSA) is 70.7 Å². The zero-order chi connectivity index (χ0) is 22.7. The first kappa shape index (κ1) is 22.5. The number of benzene rings is 2. The summed E-state index contributed by atoms with van der Waals surface area (Å²) in [7, 11) is 1.33. The van der Waals surface area contributed by atoms with Crippen molar-refractivity contribution >= 4 is 73.6 Å². The standard InChI is InChI=1S/C23H22ClN3O3S2/c1-30-22(29)20-19(24)17-10-9-16(13-18(17)32-20)26-23(31)25-15-7-5-14(6-8-15)21(28)27-11-3-2-4-12-27/h5-10,13H,2-4,11-12H2,1H3,(H2,25,26,31). The minimum atomic E-state index is -0.454. The first-order chi connectivity index (χ1) is 15.5. The van der Waals surface area contributed by atoms with Gasteiger partial charge < -0.3 is 20.3 Å². The molecule has 0 aliphatic carbocycles. The van der Waals surface area contributed by atoms with Gasteiger partial charge in [0.1, 0.15) is 4.88 Å². The molecular weight excluding hydrogens is 466 g/mol. The molecular formula is C23H22ClN3O3S2. The number of methoxy groups -OCH3 is 1. The fourth-order valence-corrected chi connectivity index (χ4v) is 5.34. The van der Waals surface area contributed by atoms with Crippen molar-refractivity contribution < 1.29 is 14.3 Å². The Labute approximate surface area is 200 Å². The molecule has 1 aromatic heterocycles. The fourth-order valence-electron chi connectivity index (χ4n) is 3.64. The molecule has 4 rings (SSSR count). The lowest BCUT2D eigenvalue weighted by molar-refractivity contribution is 0.0606. The van der Waals surface area contributed by atoms with Crippen LogP contribution >= 0.6 is 35.2 Å². The fraction of sp³-hybridized carbons (Fsp3) is 0.261. The largest absolute Gasteiger partial charge is 0.465 e. The van der Waals surface area contributed by atoms with Crippen molar-refractivity contribution in [3.63, 3.8) is 0 Å². The van der Waals surface area contributed by atoms with Gasteiger partial charge in [0.25, 0.3) is 5.91 Å². The Morgan fingerprint density at radius 2 is 1.69 bits per heavy atom. The van der Waals surface area contributed by atoms with Gasteiger partial charge in [0.05, 0.1) is 12.1 Å². The summed E-state index contributed by atoms with van der Waals surface area (Å²) < 4.78 is 5.63. The minimum absolute atomic E-state index is 0.0752. The Hall–Kier alpha value is -2.68. The number of thiophene rings is 1. The lowest BCUT2D eigenvalue weighted by Gasteiger charge is -2.26. The van der Waals surface area contributed by atoms with Crippen molar-refractivity contribution in [3.8, 4) is 0 Å². The number of fused-ring (bicyclic) bond motifs is 1. The summed E-state index contributed by atoms with van der Waals surface area (Å²) in [5, 5.41) is 7.85. The molecule has 0 spiro atoms. The van der Waals surface area contributed by atoms with E-state index < -0.39 is 5.97 Å². The van der Waals surface area contributed by atoms with Crippen molar-refractivity contribution in [1.29, 1.82) is 0 Å². The van der Waals surface area contributed by atoms with Crippen LogP contribution in [0.25, 0.3) is 10.1 Å². The van der Waals surface area contributed by atoms with Gasteiger partial charge in [0.2, 0.25) is 0 Å². The Morgan fingerprint density at radius 3 is 2.38 bits per heavy atom. The van der Waals surface area contributed by atoms with Gasteiger partial charge >= 0.3 is 5.97 Å². The molecule has 32 heavy (non-hydrogen) atoms. The van der Waals surface area contributed by atoms with Crippen molar-refractivity contribution in [2.75, 3.05) is 30.8 Å². The molecule has 2 aromatic carbocycles. The van der Waals surface area contributed by atoms with E-state index in [1.54, 1.807) is 0 Å². The highest BCUT2D eigenvalue weighted by atomic mass is 35.5. The second-order valence-electron chi connectivity index (χ2n) is 7.46. The Kier molecular flexibility index (Phi) is 6.93. The molecule has 0 saturated carbocycles. The minimum Gasteiger partial charge on any atom is -0.465 e. The summed E-state index contributed by atoms with van der Waals surface area (Å²) in [6, 6.07) is 12.9. The molecule has 1 aliphatic heterocycles. The van der Waals surface area contributed by atoms with Crippen LogP contribution in [-0.2, 0) is 4.74 Å². The van der Waals surface area contributed by atoms with E-state index in [2.05, 4.69) is 10.6 Å². The monoisotopic (exact) mass is 487 g/mol. The molecule has 0 atom stereocenters. The highest BCUT2D eigenvalue weighted by molar-refractivity contribution is 7.80. The summed E-state index contributed by atoms with van der Waals surface area (Å²) >= 11 is 13.0. The number of esters is 1. The molecule has 0 radical (unpaired) electrons. The van der Waals surface area contributed by atoms with Crippen LogP contribution in [-0.4, -0.2) is 42.1 Å². The van der Waals surface area contributed by atoms with E-state index in [9.17, 15) is 9.59 Å². The molecule has 1 fully saturated rings. The highest BCUT2D eigenvalue weighted by Gasteiger charge is 2.19. The Balaban J connectivity index is 1.40. The van der Waals surface area contributed by atoms with Gasteiger partial charge in [-0.25, -0.2) is 4.79 Å². The summed E-state index contributed by atoms with van der Waals surface area (Å²) in [6.07, 6.45) is 3.33. The van der Waals surface area contributed by atoms with Crippen LogP contribution in [0.3, 0.4) is 0 Å². The maximum atomic E-state index is 12.6. The third kappa shape index (κ3) is 4.87. The van der Waals surface area contributed by atoms with Crippen LogP contribution in [0.4, 0.5) is 11.4 Å². The van der Waals surface area contributed by atoms with Crippen LogP contribution in [0.2, 0.25) is 5.02 Å². The van der Waals surface area contributed by atoms with E-state index in [1.807, 2.05) is 47.4 Å². The van der Waals surface area contributed by atoms with Gasteiger partial charge in [-0.2, -0.15) is 0 Å². The van der Waals surface area contributed by atoms with E-state index in [0.29, 0.717) is 20.6 Å². The molecule has 1 amide bonds. The van der Waals surface area contributed by atoms with Gasteiger partial charge in [0.15, 0.2) is 5.11 Å². The maximum Gasteiger partial charge on any atom is 0.349 e. The number of piperidine rings is 1. The van der Waals surface area contributed by atoms with E-state index in [4.69, 9.17) is 28.6 Å². The number of carbonyl (C=O) groups excluding carboxylic acids is 2. The molecule has 1 saturated heterocycles. The van der Waals surface area contributed by atoms with Crippen LogP contribution in [0.1, 0.15) is 39.3 Å². The third-order valence-corrected chi connectivity index (χ3v) is 7.13. The van der Waals surface area contributed by atoms with Crippen molar-refractivity contribution in [3.05, 3.63) is 57.9 Å². The Morgan fingerprint density at radius 1 is 1.03 bits per heavy atom. The number of likely N-dealkylation sites (tertiary alicyclic amines) is 1. The van der Waals surface area contributed by atoms with Gasteiger partial charge in [-0.15, -0.1) is 11.3 Å². The zero-order valence-corrected chi connectivity index (χ0v) is 19.8. The smallest absolute Gasteiger partial charge is 0.349 e. The molecule has 0 bridgehead atoms. The molecule has 166 valence electrons. The lowest BCUT2D eigenvalue weighted by atomic mass is 10.1. The number of rotatable bonds is 4. The normalized spacial score (nSPS) is 13.6. The average molecular weight is 488 g/mol. The molecule has 1 aliphatic rings. The third-order valence-electron chi connectivity index (χ3n) is 5.29. The SMILES string of the molecule is COC(=O)c1sc2cc(NC(=S)Nc3ccc(C(=O)N4CCCCC4)cc3)ccc2c1Cl. The van der Waals surface area contributed by atoms with Crippen molar-refractivity contribution in [2.45, 2.75) is 19.3 Å². The molecule has 3 aromatic rings. The summed E-state index contributed by atoms with van der Waals surface area (Å²) in [6.45, 7) is 1.65. The number of nitrogens with one attached hydrogen (secondary N) is 2. The molecule has 0 unspecified atom stereocenters. The second kappa shape index (κ2) is 9.85. The van der Waals surface area contributed by atoms with E-state index >= 15 is 0 Å². The lowest BCUT2D eigenvalue weighted by Crippen LogP contribution is -2.35. The Bertz CT molecular complexity index is 1170.